The maximum atomic E-state index is 13.2. The Labute approximate surface area is 427 Å². The van der Waals surface area contributed by atoms with E-state index < -0.39 is 23.9 Å². The number of benzene rings is 4. The first-order chi connectivity index (χ1) is 34.4. The first-order valence-electron chi connectivity index (χ1n) is 26.2. The largest absolute Gasteiger partial charge is 0.481 e. The molecule has 12 nitrogen and oxygen atoms in total. The molecule has 0 N–H and O–H groups in total. The highest BCUT2D eigenvalue weighted by Crippen LogP contribution is 2.43. The van der Waals surface area contributed by atoms with Gasteiger partial charge in [-0.25, -0.2) is 19.2 Å². The molecule has 0 saturated heterocycles. The Morgan fingerprint density at radius 2 is 0.583 bits per heavy atom. The minimum atomic E-state index is -0.496. The summed E-state index contributed by atoms with van der Waals surface area (Å²) >= 11 is 0. The number of hydrogen-bond donors (Lipinski definition) is 0. The van der Waals surface area contributed by atoms with Crippen molar-refractivity contribution in [2.24, 2.45) is 0 Å². The van der Waals surface area contributed by atoms with Gasteiger partial charge in [-0.3, -0.25) is 0 Å². The normalized spacial score (nSPS) is 14.0. The summed E-state index contributed by atoms with van der Waals surface area (Å²) < 4.78 is 48.4. The first kappa shape index (κ1) is 55.3. The van der Waals surface area contributed by atoms with Crippen molar-refractivity contribution in [1.29, 1.82) is 0 Å². The molecule has 390 valence electrons. The van der Waals surface area contributed by atoms with Gasteiger partial charge < -0.3 is 37.9 Å². The highest BCUT2D eigenvalue weighted by Gasteiger charge is 2.29. The van der Waals surface area contributed by atoms with Crippen LogP contribution < -0.4 is 18.9 Å². The zero-order valence-electron chi connectivity index (χ0n) is 44.7. The Hall–Kier alpha value is -6.04. The van der Waals surface area contributed by atoms with Crippen molar-refractivity contribution < 1.29 is 57.1 Å². The lowest BCUT2D eigenvalue weighted by Gasteiger charge is -2.27. The molecular formula is C60H78O12. The van der Waals surface area contributed by atoms with Crippen LogP contribution in [-0.4, -0.2) is 76.7 Å². The molecule has 7 rings (SSSR count). The number of hydrogen-bond acceptors (Lipinski definition) is 12. The third-order valence-corrected chi connectivity index (χ3v) is 13.1. The van der Waals surface area contributed by atoms with Crippen molar-refractivity contribution in [1.82, 2.24) is 0 Å². The Kier molecular flexibility index (Phi) is 19.6. The van der Waals surface area contributed by atoms with E-state index in [1.165, 1.54) is 0 Å². The lowest BCUT2D eigenvalue weighted by molar-refractivity contribution is -0.146. The minimum absolute atomic E-state index is 0.201. The van der Waals surface area contributed by atoms with Gasteiger partial charge in [-0.15, -0.1) is 0 Å². The number of carbonyl (C=O) groups is 4. The van der Waals surface area contributed by atoms with E-state index in [1.807, 2.05) is 0 Å². The standard InChI is InChI=1S/C60H78O12/c1-11-65-51(61)35-69-55-41-23-39-21-19-17-15-16-18-20-22-40-25-43(29-47-33-49(59(5,6)7)31-45(27-41)57(47)71-37-53(63)67-13-3)56(70-36-52(62)66-12-2)44(26-40)30-48-34-50(60(8,9)10)32-46(28-42(55)24-39)58(48)72-38-54(64)68-14-4/h23-26,31-34H,11-22,27-30,35-38H2,1-10H3. The van der Waals surface area contributed by atoms with Crippen LogP contribution in [0.15, 0.2) is 48.5 Å². The quantitative estimate of drug-likeness (QED) is 0.0686. The van der Waals surface area contributed by atoms with Gasteiger partial charge in [0.25, 0.3) is 0 Å². The molecular weight excluding hydrogens is 913 g/mol. The Bertz CT molecular complexity index is 2270. The highest BCUT2D eigenvalue weighted by atomic mass is 16.6. The van der Waals surface area contributed by atoms with Gasteiger partial charge in [0.2, 0.25) is 0 Å². The summed E-state index contributed by atoms with van der Waals surface area (Å²) in [5.74, 6) is 0.147. The summed E-state index contributed by atoms with van der Waals surface area (Å²) in [4.78, 5) is 52.8. The summed E-state index contributed by atoms with van der Waals surface area (Å²) in [5.41, 5.74) is 10.3. The second-order valence-electron chi connectivity index (χ2n) is 20.9. The van der Waals surface area contributed by atoms with E-state index in [2.05, 4.69) is 90.1 Å². The number of ether oxygens (including phenoxy) is 8. The fourth-order valence-corrected chi connectivity index (χ4v) is 9.63. The highest BCUT2D eigenvalue weighted by molar-refractivity contribution is 5.73. The van der Waals surface area contributed by atoms with Gasteiger partial charge in [-0.1, -0.05) is 116 Å². The van der Waals surface area contributed by atoms with Gasteiger partial charge in [-0.05, 0) is 131 Å². The predicted molar refractivity (Wildman–Crippen MR) is 278 cm³/mol. The molecule has 3 aliphatic carbocycles. The van der Waals surface area contributed by atoms with Gasteiger partial charge >= 0.3 is 23.9 Å². The molecule has 4 aromatic carbocycles. The van der Waals surface area contributed by atoms with Crippen LogP contribution in [0.2, 0.25) is 0 Å². The molecule has 12 heteroatoms. The van der Waals surface area contributed by atoms with Crippen LogP contribution in [0, 0.1) is 0 Å². The number of esters is 4. The fourth-order valence-electron chi connectivity index (χ4n) is 9.63. The smallest absolute Gasteiger partial charge is 0.344 e. The van der Waals surface area contributed by atoms with E-state index in [0.717, 1.165) is 118 Å². The van der Waals surface area contributed by atoms with Gasteiger partial charge in [0.1, 0.15) is 23.0 Å². The van der Waals surface area contributed by atoms with Crippen molar-refractivity contribution in [2.75, 3.05) is 52.9 Å². The third-order valence-electron chi connectivity index (χ3n) is 13.1. The van der Waals surface area contributed by atoms with Crippen molar-refractivity contribution in [2.45, 2.75) is 157 Å². The molecule has 0 fully saturated rings. The summed E-state index contributed by atoms with van der Waals surface area (Å²) in [6.07, 6.45) is 9.21. The van der Waals surface area contributed by atoms with E-state index in [4.69, 9.17) is 37.9 Å². The van der Waals surface area contributed by atoms with Gasteiger partial charge in [0.05, 0.1) is 26.4 Å². The lowest BCUT2D eigenvalue weighted by Crippen LogP contribution is -2.20. The minimum Gasteiger partial charge on any atom is -0.481 e. The van der Waals surface area contributed by atoms with E-state index in [9.17, 15) is 19.2 Å². The molecule has 72 heavy (non-hydrogen) atoms. The zero-order chi connectivity index (χ0) is 52.0. The van der Waals surface area contributed by atoms with Crippen molar-refractivity contribution in [3.63, 3.8) is 0 Å². The van der Waals surface area contributed by atoms with E-state index >= 15 is 0 Å². The molecule has 0 radical (unpaired) electrons. The molecule has 0 saturated carbocycles. The van der Waals surface area contributed by atoms with Crippen molar-refractivity contribution in [3.8, 4) is 23.0 Å². The first-order valence-corrected chi connectivity index (χ1v) is 26.2. The average Bonchev–Trinajstić information content (AvgIpc) is 3.30. The van der Waals surface area contributed by atoms with Gasteiger partial charge in [0, 0.05) is 25.7 Å². The van der Waals surface area contributed by atoms with Crippen LogP contribution in [0.4, 0.5) is 0 Å². The second kappa shape index (κ2) is 25.6. The van der Waals surface area contributed by atoms with Crippen LogP contribution in [-0.2, 0) is 87.5 Å². The summed E-state index contributed by atoms with van der Waals surface area (Å²) in [7, 11) is 0. The maximum absolute atomic E-state index is 13.2. The Morgan fingerprint density at radius 3 is 0.806 bits per heavy atom. The molecule has 0 heterocycles. The monoisotopic (exact) mass is 991 g/mol. The van der Waals surface area contributed by atoms with Crippen molar-refractivity contribution >= 4 is 23.9 Å². The van der Waals surface area contributed by atoms with Crippen molar-refractivity contribution in [3.05, 3.63) is 115 Å². The molecule has 10 bridgehead atoms. The topological polar surface area (TPSA) is 142 Å². The number of carbonyl (C=O) groups excluding carboxylic acids is 4. The van der Waals surface area contributed by atoms with Gasteiger partial charge in [0.15, 0.2) is 26.4 Å². The Morgan fingerprint density at radius 1 is 0.361 bits per heavy atom. The second-order valence-corrected chi connectivity index (χ2v) is 20.9. The average molecular weight is 991 g/mol. The lowest BCUT2D eigenvalue weighted by atomic mass is 9.81. The molecule has 0 aliphatic heterocycles. The van der Waals surface area contributed by atoms with E-state index in [-0.39, 0.29) is 63.7 Å². The predicted octanol–water partition coefficient (Wildman–Crippen LogP) is 11.2. The molecule has 0 spiro atoms. The van der Waals surface area contributed by atoms with Crippen LogP contribution in [0.3, 0.4) is 0 Å². The maximum Gasteiger partial charge on any atom is 0.344 e. The van der Waals surface area contributed by atoms with Crippen LogP contribution in [0.5, 0.6) is 23.0 Å². The van der Waals surface area contributed by atoms with Crippen LogP contribution >= 0.6 is 0 Å². The molecule has 0 aromatic heterocycles. The van der Waals surface area contributed by atoms with Crippen LogP contribution in [0.25, 0.3) is 0 Å². The number of fused-ring (bicyclic) bond motifs is 7. The third kappa shape index (κ3) is 15.2. The fraction of sp³-hybridized carbons (Fsp3) is 0.533. The van der Waals surface area contributed by atoms with E-state index in [1.54, 1.807) is 27.7 Å². The summed E-state index contributed by atoms with van der Waals surface area (Å²) in [5, 5.41) is 0. The molecule has 3 aliphatic rings. The van der Waals surface area contributed by atoms with E-state index in [0.29, 0.717) is 48.7 Å². The zero-order valence-corrected chi connectivity index (χ0v) is 44.7. The molecule has 0 atom stereocenters. The summed E-state index contributed by atoms with van der Waals surface area (Å²) in [6, 6.07) is 17.3. The molecule has 0 unspecified atom stereocenters. The SMILES string of the molecule is CCOC(=O)COc1c2cc3cc1Cc1cc(C(C)(C)C)cc(c1OCC(=O)OCC)Cc1cc(cc(c1OCC(=O)OCC)Cc1cc(C(C)(C)C)cc(c1OCC(=O)OCC)C2)CCCCCCCC3. The van der Waals surface area contributed by atoms with Gasteiger partial charge in [-0.2, -0.15) is 0 Å². The van der Waals surface area contributed by atoms with Crippen LogP contribution in [0.1, 0.15) is 175 Å². The number of aryl methyl sites for hydroxylation is 2. The number of rotatable bonds is 16. The summed E-state index contributed by atoms with van der Waals surface area (Å²) in [6.45, 7) is 19.6. The molecule has 0 amide bonds. The Balaban J connectivity index is 1.78. The molecule has 4 aromatic rings.